The zero-order chi connectivity index (χ0) is 17.1. The highest BCUT2D eigenvalue weighted by molar-refractivity contribution is 6.04. The second-order valence-corrected chi connectivity index (χ2v) is 5.69. The first-order chi connectivity index (χ1) is 11.6. The molecule has 2 aromatic rings. The van der Waals surface area contributed by atoms with Crippen LogP contribution in [0.15, 0.2) is 36.5 Å². The summed E-state index contributed by atoms with van der Waals surface area (Å²) in [7, 11) is 1.53. The lowest BCUT2D eigenvalue weighted by Gasteiger charge is -2.19. The van der Waals surface area contributed by atoms with Crippen molar-refractivity contribution in [1.29, 1.82) is 0 Å². The highest BCUT2D eigenvalue weighted by Crippen LogP contribution is 2.27. The van der Waals surface area contributed by atoms with E-state index >= 15 is 0 Å². The number of hydrogen-bond acceptors (Lipinski definition) is 4. The van der Waals surface area contributed by atoms with E-state index in [0.717, 1.165) is 24.2 Å². The van der Waals surface area contributed by atoms with Gasteiger partial charge in [0.15, 0.2) is 0 Å². The van der Waals surface area contributed by atoms with E-state index in [0.29, 0.717) is 23.6 Å². The first-order valence-electron chi connectivity index (χ1n) is 7.81. The molecule has 1 aromatic heterocycles. The van der Waals surface area contributed by atoms with Crippen molar-refractivity contribution in [2.75, 3.05) is 23.9 Å². The Labute approximate surface area is 140 Å². The molecule has 0 spiro atoms. The third kappa shape index (κ3) is 3.22. The van der Waals surface area contributed by atoms with Crippen LogP contribution in [-0.4, -0.2) is 30.5 Å². The third-order valence-corrected chi connectivity index (χ3v) is 4.03. The average molecular weight is 325 g/mol. The molecule has 1 aromatic carbocycles. The molecule has 1 saturated heterocycles. The van der Waals surface area contributed by atoms with E-state index in [2.05, 4.69) is 10.3 Å². The van der Waals surface area contributed by atoms with Gasteiger partial charge in [-0.15, -0.1) is 0 Å². The number of benzene rings is 1. The van der Waals surface area contributed by atoms with Crippen LogP contribution in [0, 0.1) is 6.92 Å². The second kappa shape index (κ2) is 6.70. The number of pyridine rings is 1. The third-order valence-electron chi connectivity index (χ3n) is 4.03. The lowest BCUT2D eigenvalue weighted by Crippen LogP contribution is -2.24. The van der Waals surface area contributed by atoms with Crippen molar-refractivity contribution in [3.63, 3.8) is 0 Å². The number of aryl methyl sites for hydroxylation is 1. The molecule has 124 valence electrons. The van der Waals surface area contributed by atoms with E-state index in [9.17, 15) is 9.59 Å². The molecule has 1 N–H and O–H groups in total. The van der Waals surface area contributed by atoms with Crippen molar-refractivity contribution in [1.82, 2.24) is 4.98 Å². The summed E-state index contributed by atoms with van der Waals surface area (Å²) in [4.78, 5) is 30.0. The van der Waals surface area contributed by atoms with Gasteiger partial charge in [-0.05, 0) is 43.2 Å². The van der Waals surface area contributed by atoms with Crippen LogP contribution >= 0.6 is 0 Å². The van der Waals surface area contributed by atoms with Crippen molar-refractivity contribution in [3.05, 3.63) is 47.7 Å². The molecule has 6 heteroatoms. The molecule has 0 atom stereocenters. The SMILES string of the molecule is COc1ccc(C(=O)Nc2ccc(N3CCCC3=O)c(C)c2)cn1. The minimum Gasteiger partial charge on any atom is -0.481 e. The van der Waals surface area contributed by atoms with E-state index in [1.54, 1.807) is 17.0 Å². The Balaban J connectivity index is 1.74. The lowest BCUT2D eigenvalue weighted by atomic mass is 10.1. The van der Waals surface area contributed by atoms with Gasteiger partial charge in [0, 0.05) is 36.6 Å². The maximum atomic E-state index is 12.3. The van der Waals surface area contributed by atoms with Gasteiger partial charge in [-0.1, -0.05) is 0 Å². The Morgan fingerprint density at radius 2 is 2.12 bits per heavy atom. The molecule has 0 bridgehead atoms. The summed E-state index contributed by atoms with van der Waals surface area (Å²) in [5.41, 5.74) is 2.99. The monoisotopic (exact) mass is 325 g/mol. The molecule has 0 radical (unpaired) electrons. The van der Waals surface area contributed by atoms with E-state index in [4.69, 9.17) is 4.74 Å². The number of methoxy groups -OCH3 is 1. The summed E-state index contributed by atoms with van der Waals surface area (Å²) in [5.74, 6) is 0.371. The van der Waals surface area contributed by atoms with Crippen molar-refractivity contribution in [2.45, 2.75) is 19.8 Å². The maximum absolute atomic E-state index is 12.3. The highest BCUT2D eigenvalue weighted by Gasteiger charge is 2.23. The van der Waals surface area contributed by atoms with Crippen molar-refractivity contribution in [3.8, 4) is 5.88 Å². The zero-order valence-electron chi connectivity index (χ0n) is 13.7. The largest absolute Gasteiger partial charge is 0.481 e. The van der Waals surface area contributed by atoms with E-state index in [1.165, 1.54) is 13.3 Å². The van der Waals surface area contributed by atoms with Crippen LogP contribution in [0.1, 0.15) is 28.8 Å². The molecule has 0 unspecified atom stereocenters. The van der Waals surface area contributed by atoms with Crippen LogP contribution < -0.4 is 15.0 Å². The number of rotatable bonds is 4. The molecule has 2 heterocycles. The van der Waals surface area contributed by atoms with Gasteiger partial charge in [-0.3, -0.25) is 9.59 Å². The number of carbonyl (C=O) groups excluding carboxylic acids is 2. The minimum absolute atomic E-state index is 0.152. The Kier molecular flexibility index (Phi) is 4.46. The number of anilines is 2. The number of carbonyl (C=O) groups is 2. The number of nitrogens with zero attached hydrogens (tertiary/aromatic N) is 2. The van der Waals surface area contributed by atoms with Gasteiger partial charge < -0.3 is 15.0 Å². The molecule has 0 aliphatic carbocycles. The van der Waals surface area contributed by atoms with E-state index < -0.39 is 0 Å². The first kappa shape index (κ1) is 16.0. The Bertz CT molecular complexity index is 772. The second-order valence-electron chi connectivity index (χ2n) is 5.69. The van der Waals surface area contributed by atoms with Gasteiger partial charge in [0.05, 0.1) is 12.7 Å². The maximum Gasteiger partial charge on any atom is 0.257 e. The molecule has 1 aliphatic heterocycles. The van der Waals surface area contributed by atoms with Gasteiger partial charge in [0.1, 0.15) is 0 Å². The number of amides is 2. The summed E-state index contributed by atoms with van der Waals surface area (Å²) in [6, 6.07) is 8.85. The summed E-state index contributed by atoms with van der Waals surface area (Å²) >= 11 is 0. The Morgan fingerprint density at radius 3 is 2.71 bits per heavy atom. The molecule has 1 fully saturated rings. The van der Waals surface area contributed by atoms with Crippen molar-refractivity contribution < 1.29 is 14.3 Å². The molecular formula is C18H19N3O3. The summed E-state index contributed by atoms with van der Waals surface area (Å²) in [6.07, 6.45) is 2.96. The fourth-order valence-corrected chi connectivity index (χ4v) is 2.78. The van der Waals surface area contributed by atoms with E-state index in [-0.39, 0.29) is 11.8 Å². The van der Waals surface area contributed by atoms with Gasteiger partial charge in [-0.25, -0.2) is 4.98 Å². The lowest BCUT2D eigenvalue weighted by molar-refractivity contribution is -0.117. The normalized spacial score (nSPS) is 13.9. The highest BCUT2D eigenvalue weighted by atomic mass is 16.5. The number of hydrogen-bond donors (Lipinski definition) is 1. The quantitative estimate of drug-likeness (QED) is 0.938. The van der Waals surface area contributed by atoms with E-state index in [1.807, 2.05) is 25.1 Å². The van der Waals surface area contributed by atoms with Crippen LogP contribution in [0.5, 0.6) is 5.88 Å². The standard InChI is InChI=1S/C18H19N3O3/c1-12-10-14(6-7-15(12)21-9-3-4-17(21)22)20-18(23)13-5-8-16(24-2)19-11-13/h5-8,10-11H,3-4,9H2,1-2H3,(H,20,23). The van der Waals surface area contributed by atoms with Gasteiger partial charge in [0.2, 0.25) is 11.8 Å². The van der Waals surface area contributed by atoms with Crippen LogP contribution in [0.4, 0.5) is 11.4 Å². The summed E-state index contributed by atoms with van der Waals surface area (Å²) in [5, 5.41) is 2.84. The van der Waals surface area contributed by atoms with Gasteiger partial charge in [-0.2, -0.15) is 0 Å². The van der Waals surface area contributed by atoms with Crippen LogP contribution in [0.25, 0.3) is 0 Å². The van der Waals surface area contributed by atoms with Crippen LogP contribution in [-0.2, 0) is 4.79 Å². The van der Waals surface area contributed by atoms with Crippen LogP contribution in [0.2, 0.25) is 0 Å². The Hall–Kier alpha value is -2.89. The average Bonchev–Trinajstić information content (AvgIpc) is 3.01. The summed E-state index contributed by atoms with van der Waals surface area (Å²) in [6.45, 7) is 2.69. The number of aromatic nitrogens is 1. The smallest absolute Gasteiger partial charge is 0.257 e. The number of nitrogens with one attached hydrogen (secondary N) is 1. The summed E-state index contributed by atoms with van der Waals surface area (Å²) < 4.78 is 4.98. The van der Waals surface area contributed by atoms with Crippen molar-refractivity contribution in [2.24, 2.45) is 0 Å². The zero-order valence-corrected chi connectivity index (χ0v) is 13.7. The predicted octanol–water partition coefficient (Wildman–Crippen LogP) is 2.78. The molecule has 2 amide bonds. The fourth-order valence-electron chi connectivity index (χ4n) is 2.78. The van der Waals surface area contributed by atoms with Crippen LogP contribution in [0.3, 0.4) is 0 Å². The molecule has 3 rings (SSSR count). The molecule has 6 nitrogen and oxygen atoms in total. The topological polar surface area (TPSA) is 71.5 Å². The Morgan fingerprint density at radius 1 is 1.29 bits per heavy atom. The first-order valence-corrected chi connectivity index (χ1v) is 7.81. The molecule has 0 saturated carbocycles. The number of ether oxygens (including phenoxy) is 1. The molecular weight excluding hydrogens is 306 g/mol. The molecule has 1 aliphatic rings. The van der Waals surface area contributed by atoms with Gasteiger partial charge in [0.25, 0.3) is 5.91 Å². The minimum atomic E-state index is -0.241. The molecule has 24 heavy (non-hydrogen) atoms. The fraction of sp³-hybridized carbons (Fsp3) is 0.278. The van der Waals surface area contributed by atoms with Crippen molar-refractivity contribution >= 4 is 23.2 Å². The predicted molar refractivity (Wildman–Crippen MR) is 91.5 cm³/mol. The van der Waals surface area contributed by atoms with Gasteiger partial charge >= 0.3 is 0 Å².